The lowest BCUT2D eigenvalue weighted by atomic mass is 9.74. The van der Waals surface area contributed by atoms with E-state index in [4.69, 9.17) is 9.47 Å². The first-order chi connectivity index (χ1) is 10.6. The molecule has 3 aliphatic rings. The summed E-state index contributed by atoms with van der Waals surface area (Å²) in [5, 5.41) is 0. The summed E-state index contributed by atoms with van der Waals surface area (Å²) in [4.78, 5) is 0. The van der Waals surface area contributed by atoms with Crippen molar-refractivity contribution in [3.05, 3.63) is 0 Å². The molecule has 0 aromatic heterocycles. The Morgan fingerprint density at radius 2 is 1.52 bits per heavy atom. The highest BCUT2D eigenvalue weighted by Crippen LogP contribution is 2.61. The van der Waals surface area contributed by atoms with Gasteiger partial charge in [-0.05, 0) is 50.4 Å². The van der Waals surface area contributed by atoms with Gasteiger partial charge in [-0.2, -0.15) is 26.3 Å². The van der Waals surface area contributed by atoms with E-state index in [0.717, 1.165) is 0 Å². The molecule has 2 nitrogen and oxygen atoms in total. The second-order valence-corrected chi connectivity index (χ2v) is 6.93. The van der Waals surface area contributed by atoms with E-state index in [9.17, 15) is 26.3 Å². The van der Waals surface area contributed by atoms with Crippen LogP contribution in [0.1, 0.15) is 44.9 Å². The molecule has 4 unspecified atom stereocenters. The Kier molecular flexibility index (Phi) is 4.36. The summed E-state index contributed by atoms with van der Waals surface area (Å²) in [5.74, 6) is -2.19. The molecule has 2 saturated carbocycles. The van der Waals surface area contributed by atoms with E-state index in [-0.39, 0.29) is 25.4 Å². The zero-order valence-electron chi connectivity index (χ0n) is 12.6. The topological polar surface area (TPSA) is 18.5 Å². The van der Waals surface area contributed by atoms with Gasteiger partial charge in [0.05, 0.1) is 0 Å². The number of hydrogen-bond acceptors (Lipinski definition) is 2. The lowest BCUT2D eigenvalue weighted by Gasteiger charge is -2.46. The van der Waals surface area contributed by atoms with Crippen LogP contribution < -0.4 is 0 Å². The highest BCUT2D eigenvalue weighted by atomic mass is 19.4. The molecule has 0 aromatic carbocycles. The molecule has 2 bridgehead atoms. The molecule has 1 heterocycles. The summed E-state index contributed by atoms with van der Waals surface area (Å²) < 4.78 is 92.0. The SMILES string of the molecule is FC(F)(F)C(OC1CCCCO1)(C1CC2CCC1C2)C(F)(F)F. The Morgan fingerprint density at radius 3 is 1.96 bits per heavy atom. The Morgan fingerprint density at radius 1 is 0.826 bits per heavy atom. The molecular weight excluding hydrogens is 326 g/mol. The largest absolute Gasteiger partial charge is 0.426 e. The summed E-state index contributed by atoms with van der Waals surface area (Å²) in [7, 11) is 0. The quantitative estimate of drug-likeness (QED) is 0.682. The van der Waals surface area contributed by atoms with Crippen molar-refractivity contribution in [2.24, 2.45) is 17.8 Å². The van der Waals surface area contributed by atoms with Crippen molar-refractivity contribution in [2.75, 3.05) is 6.61 Å². The number of fused-ring (bicyclic) bond motifs is 2. The lowest BCUT2D eigenvalue weighted by Crippen LogP contribution is -2.65. The average Bonchev–Trinajstić information content (AvgIpc) is 3.05. The first-order valence-corrected chi connectivity index (χ1v) is 8.08. The van der Waals surface area contributed by atoms with Gasteiger partial charge < -0.3 is 9.47 Å². The predicted octanol–water partition coefficient (Wildman–Crippen LogP) is 4.83. The summed E-state index contributed by atoms with van der Waals surface area (Å²) in [6, 6.07) is 0. The lowest BCUT2D eigenvalue weighted by molar-refractivity contribution is -0.429. The van der Waals surface area contributed by atoms with E-state index in [0.29, 0.717) is 32.1 Å². The van der Waals surface area contributed by atoms with Crippen LogP contribution in [0, 0.1) is 17.8 Å². The van der Waals surface area contributed by atoms with Gasteiger partial charge in [0.1, 0.15) is 0 Å². The Bertz CT molecular complexity index is 413. The standard InChI is InChI=1S/C15H20F6O2/c16-14(17,18)13(15(19,20)21,23-12-3-1-2-6-22-12)11-8-9-4-5-10(11)7-9/h9-12H,1-8H2. The highest BCUT2D eigenvalue weighted by molar-refractivity contribution is 5.08. The molecule has 4 atom stereocenters. The maximum atomic E-state index is 13.7. The van der Waals surface area contributed by atoms with E-state index in [1.54, 1.807) is 0 Å². The Hall–Kier alpha value is -0.500. The third-order valence-electron chi connectivity index (χ3n) is 5.56. The van der Waals surface area contributed by atoms with Crippen molar-refractivity contribution in [1.29, 1.82) is 0 Å². The van der Waals surface area contributed by atoms with Crippen LogP contribution in [0.3, 0.4) is 0 Å². The predicted molar refractivity (Wildman–Crippen MR) is 68.5 cm³/mol. The first kappa shape index (κ1) is 17.3. The fourth-order valence-electron chi connectivity index (χ4n) is 4.56. The molecule has 2 aliphatic carbocycles. The molecule has 0 spiro atoms. The molecule has 23 heavy (non-hydrogen) atoms. The molecule has 1 aliphatic heterocycles. The van der Waals surface area contributed by atoms with Crippen molar-refractivity contribution < 1.29 is 35.8 Å². The van der Waals surface area contributed by atoms with Crippen LogP contribution in [-0.2, 0) is 9.47 Å². The average molecular weight is 346 g/mol. The van der Waals surface area contributed by atoms with Crippen molar-refractivity contribution >= 4 is 0 Å². The minimum absolute atomic E-state index is 0.0510. The maximum absolute atomic E-state index is 13.7. The smallest absolute Gasteiger partial charge is 0.353 e. The third-order valence-corrected chi connectivity index (χ3v) is 5.56. The summed E-state index contributed by atoms with van der Waals surface area (Å²) in [5.41, 5.74) is -4.11. The Labute approximate surface area is 130 Å². The summed E-state index contributed by atoms with van der Waals surface area (Å²) in [6.45, 7) is 0.132. The molecule has 3 fully saturated rings. The van der Waals surface area contributed by atoms with E-state index in [2.05, 4.69) is 0 Å². The number of rotatable bonds is 3. The van der Waals surface area contributed by atoms with Gasteiger partial charge in [0.2, 0.25) is 0 Å². The fraction of sp³-hybridized carbons (Fsp3) is 1.00. The van der Waals surface area contributed by atoms with Gasteiger partial charge in [0.15, 0.2) is 6.29 Å². The summed E-state index contributed by atoms with van der Waals surface area (Å²) >= 11 is 0. The minimum atomic E-state index is -5.51. The molecule has 0 aromatic rings. The third kappa shape index (κ3) is 2.86. The number of halogens is 6. The van der Waals surface area contributed by atoms with Crippen molar-refractivity contribution in [1.82, 2.24) is 0 Å². The maximum Gasteiger partial charge on any atom is 0.426 e. The van der Waals surface area contributed by atoms with Crippen LogP contribution in [0.5, 0.6) is 0 Å². The van der Waals surface area contributed by atoms with E-state index >= 15 is 0 Å². The normalized spacial score (nSPS) is 35.7. The van der Waals surface area contributed by atoms with Gasteiger partial charge in [-0.1, -0.05) is 6.42 Å². The molecule has 1 saturated heterocycles. The zero-order chi connectivity index (χ0) is 16.9. The molecule has 8 heteroatoms. The molecule has 134 valence electrons. The second-order valence-electron chi connectivity index (χ2n) is 6.93. The molecule has 0 radical (unpaired) electrons. The van der Waals surface area contributed by atoms with Crippen LogP contribution >= 0.6 is 0 Å². The minimum Gasteiger partial charge on any atom is -0.353 e. The van der Waals surface area contributed by atoms with Gasteiger partial charge >= 0.3 is 12.4 Å². The molecule has 0 amide bonds. The van der Waals surface area contributed by atoms with E-state index < -0.39 is 36.1 Å². The Balaban J connectivity index is 1.96. The van der Waals surface area contributed by atoms with Gasteiger partial charge in [0.25, 0.3) is 5.60 Å². The fourth-order valence-corrected chi connectivity index (χ4v) is 4.56. The van der Waals surface area contributed by atoms with Crippen LogP contribution in [0.4, 0.5) is 26.3 Å². The van der Waals surface area contributed by atoms with Crippen LogP contribution in [0.25, 0.3) is 0 Å². The number of ether oxygens (including phenoxy) is 2. The highest BCUT2D eigenvalue weighted by Gasteiger charge is 2.78. The zero-order valence-corrected chi connectivity index (χ0v) is 12.6. The number of alkyl halides is 6. The van der Waals surface area contributed by atoms with Gasteiger partial charge in [-0.3, -0.25) is 0 Å². The van der Waals surface area contributed by atoms with Crippen LogP contribution in [-0.4, -0.2) is 30.9 Å². The van der Waals surface area contributed by atoms with Gasteiger partial charge in [-0.25, -0.2) is 0 Å². The monoisotopic (exact) mass is 346 g/mol. The molecule has 3 rings (SSSR count). The number of hydrogen-bond donors (Lipinski definition) is 0. The van der Waals surface area contributed by atoms with Crippen molar-refractivity contribution in [2.45, 2.75) is 69.2 Å². The van der Waals surface area contributed by atoms with Gasteiger partial charge in [-0.15, -0.1) is 0 Å². The van der Waals surface area contributed by atoms with Crippen LogP contribution in [0.15, 0.2) is 0 Å². The summed E-state index contributed by atoms with van der Waals surface area (Å²) in [6.07, 6.45) is -9.77. The van der Waals surface area contributed by atoms with E-state index in [1.807, 2.05) is 0 Å². The van der Waals surface area contributed by atoms with Gasteiger partial charge in [0, 0.05) is 12.5 Å². The molecular formula is C15H20F6O2. The second kappa shape index (κ2) is 5.79. The van der Waals surface area contributed by atoms with E-state index in [1.165, 1.54) is 0 Å². The first-order valence-electron chi connectivity index (χ1n) is 8.08. The van der Waals surface area contributed by atoms with Crippen molar-refractivity contribution in [3.63, 3.8) is 0 Å². The molecule has 0 N–H and O–H groups in total. The van der Waals surface area contributed by atoms with Crippen LogP contribution in [0.2, 0.25) is 0 Å². The van der Waals surface area contributed by atoms with Crippen molar-refractivity contribution in [3.8, 4) is 0 Å².